The zero-order valence-electron chi connectivity index (χ0n) is 13.2. The van der Waals surface area contributed by atoms with Gasteiger partial charge in [-0.1, -0.05) is 11.2 Å². The second kappa shape index (κ2) is 7.51. The molecule has 9 heteroatoms. The Labute approximate surface area is 146 Å². The summed E-state index contributed by atoms with van der Waals surface area (Å²) in [6.07, 6.45) is 1.10. The second-order valence-corrected chi connectivity index (χ2v) is 6.99. The van der Waals surface area contributed by atoms with Crippen LogP contribution in [0.3, 0.4) is 0 Å². The molecule has 0 atom stereocenters. The number of aromatic nitrogens is 1. The normalized spacial score (nSPS) is 16.6. The number of nitrogens with zero attached hydrogens (tertiary/aromatic N) is 1. The molecule has 25 heavy (non-hydrogen) atoms. The summed E-state index contributed by atoms with van der Waals surface area (Å²) in [4.78, 5) is 12.1. The van der Waals surface area contributed by atoms with E-state index in [1.165, 1.54) is 12.1 Å². The first-order valence-electron chi connectivity index (χ1n) is 7.73. The highest BCUT2D eigenvalue weighted by molar-refractivity contribution is 7.99. The number of nitrogens with one attached hydrogen (secondary N) is 2. The predicted octanol–water partition coefficient (Wildman–Crippen LogP) is 2.48. The molecule has 1 saturated heterocycles. The minimum absolute atomic E-state index is 0.0211. The summed E-state index contributed by atoms with van der Waals surface area (Å²) in [6, 6.07) is 4.97. The monoisotopic (exact) mass is 369 g/mol. The molecule has 3 rings (SSSR count). The lowest BCUT2D eigenvalue weighted by atomic mass is 9.91. The summed E-state index contributed by atoms with van der Waals surface area (Å²) in [6.45, 7) is 0.164. The molecule has 0 aliphatic carbocycles. The molecule has 1 fully saturated rings. The van der Waals surface area contributed by atoms with Crippen LogP contribution in [0.2, 0.25) is 0 Å². The van der Waals surface area contributed by atoms with Gasteiger partial charge < -0.3 is 4.52 Å². The Bertz CT molecular complexity index is 743. The molecule has 134 valence electrons. The molecular formula is C16H17F2N3O3S. The fraction of sp³-hybridized carbons (Fsp3) is 0.375. The Morgan fingerprint density at radius 2 is 2.00 bits per heavy atom. The van der Waals surface area contributed by atoms with Crippen molar-refractivity contribution in [3.63, 3.8) is 0 Å². The quantitative estimate of drug-likeness (QED) is 0.554. The van der Waals surface area contributed by atoms with Gasteiger partial charge in [0.2, 0.25) is 0 Å². The van der Waals surface area contributed by atoms with Crippen LogP contribution in [0.4, 0.5) is 8.78 Å². The Kier molecular flexibility index (Phi) is 5.36. The predicted molar refractivity (Wildman–Crippen MR) is 87.9 cm³/mol. The molecule has 1 aliphatic heterocycles. The molecule has 0 spiro atoms. The smallest absolute Gasteiger partial charge is 0.263 e. The van der Waals surface area contributed by atoms with E-state index in [9.17, 15) is 13.6 Å². The molecule has 2 aromatic rings. The van der Waals surface area contributed by atoms with E-state index in [4.69, 9.17) is 9.73 Å². The van der Waals surface area contributed by atoms with E-state index in [1.54, 1.807) is 17.2 Å². The number of amides is 1. The van der Waals surface area contributed by atoms with E-state index >= 15 is 0 Å². The van der Waals surface area contributed by atoms with Gasteiger partial charge in [-0.3, -0.25) is 15.3 Å². The fourth-order valence-corrected chi connectivity index (χ4v) is 4.01. The van der Waals surface area contributed by atoms with Crippen molar-refractivity contribution in [1.82, 2.24) is 16.0 Å². The Morgan fingerprint density at radius 1 is 1.32 bits per heavy atom. The molecule has 1 aliphatic rings. The third-order valence-corrected chi connectivity index (χ3v) is 5.24. The highest BCUT2D eigenvalue weighted by Gasteiger charge is 2.39. The van der Waals surface area contributed by atoms with Gasteiger partial charge in [-0.15, -0.1) is 0 Å². The van der Waals surface area contributed by atoms with E-state index in [2.05, 4.69) is 10.5 Å². The van der Waals surface area contributed by atoms with Crippen LogP contribution in [0.5, 0.6) is 0 Å². The van der Waals surface area contributed by atoms with Crippen molar-refractivity contribution in [1.29, 1.82) is 0 Å². The van der Waals surface area contributed by atoms with Gasteiger partial charge in [-0.05, 0) is 36.5 Å². The topological polar surface area (TPSA) is 87.4 Å². The number of hydroxylamine groups is 1. The molecule has 2 heterocycles. The van der Waals surface area contributed by atoms with E-state index < -0.39 is 23.1 Å². The fourth-order valence-electron chi connectivity index (χ4n) is 2.82. The third kappa shape index (κ3) is 3.68. The van der Waals surface area contributed by atoms with E-state index in [1.807, 2.05) is 0 Å². The van der Waals surface area contributed by atoms with Crippen LogP contribution < -0.4 is 10.8 Å². The van der Waals surface area contributed by atoms with Gasteiger partial charge in [0.25, 0.3) is 5.91 Å². The van der Waals surface area contributed by atoms with Crippen LogP contribution in [-0.2, 0) is 11.3 Å². The summed E-state index contributed by atoms with van der Waals surface area (Å²) in [5, 5.41) is 15.9. The van der Waals surface area contributed by atoms with Crippen molar-refractivity contribution in [2.24, 2.45) is 0 Å². The van der Waals surface area contributed by atoms with Crippen LogP contribution in [0.25, 0.3) is 11.3 Å². The summed E-state index contributed by atoms with van der Waals surface area (Å²) < 4.78 is 32.7. The van der Waals surface area contributed by atoms with Gasteiger partial charge in [0.15, 0.2) is 5.76 Å². The molecule has 0 bridgehead atoms. The lowest BCUT2D eigenvalue weighted by molar-refractivity contribution is -0.136. The first-order chi connectivity index (χ1) is 12.1. The van der Waals surface area contributed by atoms with Crippen LogP contribution in [0.1, 0.15) is 18.5 Å². The molecule has 0 unspecified atom stereocenters. The number of thioether (sulfide) groups is 1. The van der Waals surface area contributed by atoms with Gasteiger partial charge in [-0.25, -0.2) is 14.3 Å². The minimum atomic E-state index is -0.900. The lowest BCUT2D eigenvalue weighted by Crippen LogP contribution is -2.58. The minimum Gasteiger partial charge on any atom is -0.356 e. The summed E-state index contributed by atoms with van der Waals surface area (Å²) in [5.74, 6) is -0.438. The second-order valence-electron chi connectivity index (χ2n) is 5.77. The zero-order valence-corrected chi connectivity index (χ0v) is 14.0. The van der Waals surface area contributed by atoms with Crippen molar-refractivity contribution in [2.75, 3.05) is 11.5 Å². The molecule has 1 amide bonds. The number of carbonyl (C=O) groups is 1. The van der Waals surface area contributed by atoms with Gasteiger partial charge in [0.1, 0.15) is 17.2 Å². The van der Waals surface area contributed by atoms with E-state index in [0.29, 0.717) is 18.5 Å². The number of hydrogen-bond donors (Lipinski definition) is 3. The lowest BCUT2D eigenvalue weighted by Gasteiger charge is -2.35. The van der Waals surface area contributed by atoms with Gasteiger partial charge in [-0.2, -0.15) is 11.8 Å². The maximum atomic E-state index is 13.8. The molecular weight excluding hydrogens is 352 g/mol. The average Bonchev–Trinajstić information content (AvgIpc) is 3.08. The van der Waals surface area contributed by atoms with Crippen LogP contribution in [0.15, 0.2) is 28.8 Å². The van der Waals surface area contributed by atoms with Crippen LogP contribution in [0, 0.1) is 11.6 Å². The van der Waals surface area contributed by atoms with Crippen molar-refractivity contribution in [2.45, 2.75) is 24.9 Å². The summed E-state index contributed by atoms with van der Waals surface area (Å²) in [7, 11) is 0. The summed E-state index contributed by atoms with van der Waals surface area (Å²) in [5.41, 5.74) is 0.928. The van der Waals surface area contributed by atoms with Crippen molar-refractivity contribution in [3.05, 3.63) is 41.6 Å². The number of carbonyl (C=O) groups excluding carboxylic acids is 1. The average molecular weight is 369 g/mol. The molecule has 6 nitrogen and oxygen atoms in total. The molecule has 1 aromatic carbocycles. The van der Waals surface area contributed by atoms with Crippen molar-refractivity contribution < 1.29 is 23.3 Å². The largest absolute Gasteiger partial charge is 0.356 e. The van der Waals surface area contributed by atoms with Gasteiger partial charge >= 0.3 is 0 Å². The first-order valence-corrected chi connectivity index (χ1v) is 8.88. The van der Waals surface area contributed by atoms with Crippen LogP contribution >= 0.6 is 11.8 Å². The third-order valence-electron chi connectivity index (χ3n) is 4.26. The number of rotatable bonds is 5. The number of hydrogen-bond acceptors (Lipinski definition) is 6. The summed E-state index contributed by atoms with van der Waals surface area (Å²) >= 11 is 1.73. The molecule has 3 N–H and O–H groups in total. The molecule has 1 aromatic heterocycles. The van der Waals surface area contributed by atoms with Crippen LogP contribution in [-0.4, -0.2) is 33.3 Å². The number of benzene rings is 1. The maximum absolute atomic E-state index is 13.8. The molecule has 0 radical (unpaired) electrons. The van der Waals surface area contributed by atoms with E-state index in [-0.39, 0.29) is 17.9 Å². The highest BCUT2D eigenvalue weighted by Crippen LogP contribution is 2.29. The van der Waals surface area contributed by atoms with Crippen molar-refractivity contribution in [3.8, 4) is 11.3 Å². The molecule has 0 saturated carbocycles. The van der Waals surface area contributed by atoms with Gasteiger partial charge in [0.05, 0.1) is 11.3 Å². The highest BCUT2D eigenvalue weighted by atomic mass is 32.2. The Hall–Kier alpha value is -1.97. The Balaban J connectivity index is 1.76. The zero-order chi connectivity index (χ0) is 17.9. The first kappa shape index (κ1) is 17.8. The van der Waals surface area contributed by atoms with E-state index in [0.717, 1.165) is 23.6 Å². The SMILES string of the molecule is O=C(NO)C1(NCc2cc(-c3c(F)cccc3F)on2)CCSCC1. The Morgan fingerprint density at radius 3 is 2.64 bits per heavy atom. The maximum Gasteiger partial charge on any atom is 0.263 e. The standard InChI is InChI=1S/C16H17F2N3O3S/c17-11-2-1-3-12(18)14(11)13-8-10(21-24-13)9-19-16(15(22)20-23)4-6-25-7-5-16/h1-3,8,19,23H,4-7,9H2,(H,20,22). The van der Waals surface area contributed by atoms with Crippen molar-refractivity contribution >= 4 is 17.7 Å². The number of halogens is 2. The van der Waals surface area contributed by atoms with Gasteiger partial charge in [0, 0.05) is 12.6 Å².